The normalized spacial score (nSPS) is 22.6. The SMILES string of the molecule is CCC(C)C1NC(=O)CCN(C(CC)c2nccs2)C1=O. The van der Waals surface area contributed by atoms with E-state index in [9.17, 15) is 9.59 Å². The summed E-state index contributed by atoms with van der Waals surface area (Å²) in [5, 5.41) is 5.76. The first-order valence-corrected chi connectivity index (χ1v) is 8.45. The Bertz CT molecular complexity index is 489. The van der Waals surface area contributed by atoms with Crippen LogP contribution in [-0.4, -0.2) is 34.3 Å². The molecule has 1 aromatic rings. The average Bonchev–Trinajstić information content (AvgIpc) is 2.96. The molecule has 5 nitrogen and oxygen atoms in total. The smallest absolute Gasteiger partial charge is 0.246 e. The van der Waals surface area contributed by atoms with Gasteiger partial charge in [-0.2, -0.15) is 0 Å². The van der Waals surface area contributed by atoms with Crippen molar-refractivity contribution in [3.63, 3.8) is 0 Å². The minimum absolute atomic E-state index is 0.0252. The number of amides is 2. The topological polar surface area (TPSA) is 62.3 Å². The third-order valence-electron chi connectivity index (χ3n) is 4.16. The molecule has 3 atom stereocenters. The Labute approximate surface area is 129 Å². The van der Waals surface area contributed by atoms with Gasteiger partial charge in [0, 0.05) is 24.5 Å². The van der Waals surface area contributed by atoms with Gasteiger partial charge in [0.2, 0.25) is 11.8 Å². The number of carbonyl (C=O) groups is 2. The van der Waals surface area contributed by atoms with E-state index in [0.717, 1.165) is 17.8 Å². The second-order valence-electron chi connectivity index (χ2n) is 5.51. The molecule has 0 spiro atoms. The molecule has 0 saturated carbocycles. The number of carbonyl (C=O) groups excluding carboxylic acids is 2. The maximum absolute atomic E-state index is 12.9. The van der Waals surface area contributed by atoms with Gasteiger partial charge in [-0.25, -0.2) is 4.98 Å². The van der Waals surface area contributed by atoms with Crippen molar-refractivity contribution in [1.29, 1.82) is 0 Å². The van der Waals surface area contributed by atoms with Gasteiger partial charge in [0.15, 0.2) is 0 Å². The van der Waals surface area contributed by atoms with Crippen molar-refractivity contribution < 1.29 is 9.59 Å². The van der Waals surface area contributed by atoms with E-state index in [1.165, 1.54) is 0 Å². The van der Waals surface area contributed by atoms with Gasteiger partial charge in [-0.15, -0.1) is 11.3 Å². The molecule has 0 radical (unpaired) electrons. The van der Waals surface area contributed by atoms with Crippen molar-refractivity contribution in [3.05, 3.63) is 16.6 Å². The van der Waals surface area contributed by atoms with Crippen LogP contribution in [0.5, 0.6) is 0 Å². The van der Waals surface area contributed by atoms with Crippen LogP contribution in [0.25, 0.3) is 0 Å². The summed E-state index contributed by atoms with van der Waals surface area (Å²) in [4.78, 5) is 31.0. The Balaban J connectivity index is 2.28. The predicted octanol–water partition coefficient (Wildman–Crippen LogP) is 2.36. The summed E-state index contributed by atoms with van der Waals surface area (Å²) >= 11 is 1.56. The van der Waals surface area contributed by atoms with Crippen molar-refractivity contribution >= 4 is 23.2 Å². The summed E-state index contributed by atoms with van der Waals surface area (Å²) in [5.74, 6) is 0.123. The summed E-state index contributed by atoms with van der Waals surface area (Å²) in [6.45, 7) is 6.57. The molecule has 1 saturated heterocycles. The van der Waals surface area contributed by atoms with Gasteiger partial charge in [0.25, 0.3) is 0 Å². The highest BCUT2D eigenvalue weighted by Crippen LogP contribution is 2.28. The fraction of sp³-hybridized carbons (Fsp3) is 0.667. The van der Waals surface area contributed by atoms with E-state index < -0.39 is 6.04 Å². The highest BCUT2D eigenvalue weighted by Gasteiger charge is 2.36. The zero-order valence-corrected chi connectivity index (χ0v) is 13.7. The van der Waals surface area contributed by atoms with Crippen LogP contribution in [0.4, 0.5) is 0 Å². The summed E-state index contributed by atoms with van der Waals surface area (Å²) in [6.07, 6.45) is 3.79. The number of thiazole rings is 1. The zero-order chi connectivity index (χ0) is 15.4. The third-order valence-corrected chi connectivity index (χ3v) is 5.03. The molecule has 6 heteroatoms. The second kappa shape index (κ2) is 7.02. The van der Waals surface area contributed by atoms with E-state index in [-0.39, 0.29) is 23.8 Å². The number of hydrogen-bond donors (Lipinski definition) is 1. The Morgan fingerprint density at radius 3 is 2.76 bits per heavy atom. The molecule has 1 aromatic heterocycles. The molecule has 2 heterocycles. The molecule has 0 aromatic carbocycles. The van der Waals surface area contributed by atoms with Crippen molar-refractivity contribution in [3.8, 4) is 0 Å². The Morgan fingerprint density at radius 2 is 2.19 bits per heavy atom. The highest BCUT2D eigenvalue weighted by molar-refractivity contribution is 7.09. The first-order chi connectivity index (χ1) is 10.1. The molecule has 0 aliphatic carbocycles. The monoisotopic (exact) mass is 309 g/mol. The molecule has 0 bridgehead atoms. The zero-order valence-electron chi connectivity index (χ0n) is 12.8. The third kappa shape index (κ3) is 3.43. The van der Waals surface area contributed by atoms with E-state index >= 15 is 0 Å². The number of nitrogens with zero attached hydrogens (tertiary/aromatic N) is 2. The Kier molecular flexibility index (Phi) is 5.33. The van der Waals surface area contributed by atoms with Crippen LogP contribution in [0.15, 0.2) is 11.6 Å². The Hall–Kier alpha value is -1.43. The molecule has 21 heavy (non-hydrogen) atoms. The fourth-order valence-electron chi connectivity index (χ4n) is 2.68. The van der Waals surface area contributed by atoms with E-state index in [0.29, 0.717) is 13.0 Å². The van der Waals surface area contributed by atoms with Crippen LogP contribution in [0.2, 0.25) is 0 Å². The first kappa shape index (κ1) is 15.9. The van der Waals surface area contributed by atoms with Crippen molar-refractivity contribution in [1.82, 2.24) is 15.2 Å². The largest absolute Gasteiger partial charge is 0.344 e. The lowest BCUT2D eigenvalue weighted by molar-refractivity contribution is -0.137. The molecule has 3 unspecified atom stereocenters. The standard InChI is InChI=1S/C15H23N3O2S/c1-4-10(3)13-15(20)18(8-6-12(19)17-13)11(5-2)14-16-7-9-21-14/h7,9-11,13H,4-6,8H2,1-3H3,(H,17,19). The summed E-state index contributed by atoms with van der Waals surface area (Å²) in [6, 6.07) is -0.448. The summed E-state index contributed by atoms with van der Waals surface area (Å²) in [7, 11) is 0. The maximum atomic E-state index is 12.9. The van der Waals surface area contributed by atoms with Gasteiger partial charge < -0.3 is 10.2 Å². The molecule has 116 valence electrons. The number of nitrogens with one attached hydrogen (secondary N) is 1. The van der Waals surface area contributed by atoms with Crippen LogP contribution < -0.4 is 5.32 Å². The van der Waals surface area contributed by atoms with E-state index in [1.54, 1.807) is 17.5 Å². The van der Waals surface area contributed by atoms with Gasteiger partial charge >= 0.3 is 0 Å². The average molecular weight is 309 g/mol. The lowest BCUT2D eigenvalue weighted by atomic mass is 9.97. The quantitative estimate of drug-likeness (QED) is 0.908. The van der Waals surface area contributed by atoms with E-state index in [1.807, 2.05) is 24.1 Å². The van der Waals surface area contributed by atoms with Crippen LogP contribution >= 0.6 is 11.3 Å². The van der Waals surface area contributed by atoms with E-state index in [4.69, 9.17) is 0 Å². The minimum atomic E-state index is -0.418. The lowest BCUT2D eigenvalue weighted by Crippen LogP contribution is -2.49. The number of hydrogen-bond acceptors (Lipinski definition) is 4. The van der Waals surface area contributed by atoms with Crippen molar-refractivity contribution in [2.24, 2.45) is 5.92 Å². The van der Waals surface area contributed by atoms with E-state index in [2.05, 4.69) is 17.2 Å². The van der Waals surface area contributed by atoms with Crippen LogP contribution in [0, 0.1) is 5.92 Å². The molecule has 1 N–H and O–H groups in total. The van der Waals surface area contributed by atoms with Gasteiger partial charge in [0.05, 0.1) is 6.04 Å². The van der Waals surface area contributed by atoms with Crippen LogP contribution in [0.3, 0.4) is 0 Å². The number of rotatable bonds is 5. The molecular weight excluding hydrogens is 286 g/mol. The van der Waals surface area contributed by atoms with Crippen molar-refractivity contribution in [2.45, 2.75) is 52.1 Å². The Morgan fingerprint density at radius 1 is 1.43 bits per heavy atom. The molecule has 2 rings (SSSR count). The summed E-state index contributed by atoms with van der Waals surface area (Å²) in [5.41, 5.74) is 0. The van der Waals surface area contributed by atoms with Gasteiger partial charge in [-0.05, 0) is 12.3 Å². The molecule has 2 amide bonds. The lowest BCUT2D eigenvalue weighted by Gasteiger charge is -2.32. The van der Waals surface area contributed by atoms with Crippen LogP contribution in [0.1, 0.15) is 51.1 Å². The maximum Gasteiger partial charge on any atom is 0.246 e. The fourth-order valence-corrected chi connectivity index (χ4v) is 3.51. The second-order valence-corrected chi connectivity index (χ2v) is 6.43. The molecule has 1 aliphatic heterocycles. The van der Waals surface area contributed by atoms with Crippen molar-refractivity contribution in [2.75, 3.05) is 6.54 Å². The molecule has 1 fully saturated rings. The minimum Gasteiger partial charge on any atom is -0.344 e. The highest BCUT2D eigenvalue weighted by atomic mass is 32.1. The van der Waals surface area contributed by atoms with Crippen LogP contribution in [-0.2, 0) is 9.59 Å². The molecule has 1 aliphatic rings. The summed E-state index contributed by atoms with van der Waals surface area (Å²) < 4.78 is 0. The molecular formula is C15H23N3O2S. The van der Waals surface area contributed by atoms with Gasteiger partial charge in [0.1, 0.15) is 11.0 Å². The van der Waals surface area contributed by atoms with Gasteiger partial charge in [-0.3, -0.25) is 9.59 Å². The number of aromatic nitrogens is 1. The van der Waals surface area contributed by atoms with Gasteiger partial charge in [-0.1, -0.05) is 27.2 Å². The first-order valence-electron chi connectivity index (χ1n) is 7.57. The predicted molar refractivity (Wildman–Crippen MR) is 82.9 cm³/mol.